The molecule has 0 saturated carbocycles. The summed E-state index contributed by atoms with van der Waals surface area (Å²) < 4.78 is 32.5. The van der Waals surface area contributed by atoms with Gasteiger partial charge in [-0.1, -0.05) is 139 Å². The number of ether oxygens (including phenoxy) is 2. The standard InChI is InChI=1S/C40H69O10P/c1-3-5-7-9-11-13-15-16-17-18-19-20-22-23-25-27-29-31-39(43)47-35-38(36-49-51(45,46)48-34-37(42)33-41)50-40(44)32-30-28-26-24-21-14-12-10-8-6-4-2/h5,7,11,13,16-17,19-20,23,25,37-38,41-42H,3-4,6,8-10,12,14-15,18,21-22,24,26-36H2,1-2H3,(H,45,46)/b7-5+,13-11+,17-16+,20-19+,25-23+/t37-,38+/m1/s1. The number of aliphatic hydroxyl groups is 2. The van der Waals surface area contributed by atoms with Crippen molar-refractivity contribution in [1.29, 1.82) is 0 Å². The zero-order valence-corrected chi connectivity index (χ0v) is 32.4. The second-order valence-corrected chi connectivity index (χ2v) is 14.0. The van der Waals surface area contributed by atoms with Crippen LogP contribution in [0.1, 0.15) is 142 Å². The van der Waals surface area contributed by atoms with E-state index in [4.69, 9.17) is 19.1 Å². The summed E-state index contributed by atoms with van der Waals surface area (Å²) >= 11 is 0. The first-order valence-corrected chi connectivity index (χ1v) is 20.7. The fourth-order valence-corrected chi connectivity index (χ4v) is 5.52. The van der Waals surface area contributed by atoms with Crippen LogP contribution >= 0.6 is 7.82 Å². The average molecular weight is 741 g/mol. The molecular weight excluding hydrogens is 671 g/mol. The van der Waals surface area contributed by atoms with Gasteiger partial charge in [-0.3, -0.25) is 18.6 Å². The van der Waals surface area contributed by atoms with E-state index in [9.17, 15) is 24.2 Å². The molecular formula is C40H69O10P. The summed E-state index contributed by atoms with van der Waals surface area (Å²) in [6.07, 6.45) is 37.7. The van der Waals surface area contributed by atoms with Crippen molar-refractivity contribution in [2.24, 2.45) is 0 Å². The molecule has 0 aliphatic rings. The summed E-state index contributed by atoms with van der Waals surface area (Å²) in [6.45, 7) is 2.16. The van der Waals surface area contributed by atoms with E-state index in [1.54, 1.807) is 0 Å². The van der Waals surface area contributed by atoms with Gasteiger partial charge in [-0.25, -0.2) is 4.57 Å². The number of allylic oxidation sites excluding steroid dienone is 10. The van der Waals surface area contributed by atoms with Crippen LogP contribution in [0.5, 0.6) is 0 Å². The Morgan fingerprint density at radius 1 is 0.608 bits per heavy atom. The summed E-state index contributed by atoms with van der Waals surface area (Å²) in [5.74, 6) is -0.998. The average Bonchev–Trinajstić information content (AvgIpc) is 3.12. The number of aliphatic hydroxyl groups excluding tert-OH is 2. The number of esters is 2. The largest absolute Gasteiger partial charge is 0.472 e. The van der Waals surface area contributed by atoms with Gasteiger partial charge in [-0.05, 0) is 51.4 Å². The van der Waals surface area contributed by atoms with Crippen LogP contribution in [0.4, 0.5) is 0 Å². The lowest BCUT2D eigenvalue weighted by atomic mass is 10.1. The molecule has 51 heavy (non-hydrogen) atoms. The van der Waals surface area contributed by atoms with Crippen LogP contribution in [0.25, 0.3) is 0 Å². The van der Waals surface area contributed by atoms with Gasteiger partial charge in [0.2, 0.25) is 0 Å². The third-order valence-electron chi connectivity index (χ3n) is 7.69. The lowest BCUT2D eigenvalue weighted by Crippen LogP contribution is -2.29. The van der Waals surface area contributed by atoms with E-state index in [1.807, 2.05) is 6.08 Å². The second-order valence-electron chi connectivity index (χ2n) is 12.6. The quantitative estimate of drug-likeness (QED) is 0.0248. The van der Waals surface area contributed by atoms with Crippen LogP contribution in [0, 0.1) is 0 Å². The number of phosphoric ester groups is 1. The first kappa shape index (κ1) is 48.7. The van der Waals surface area contributed by atoms with E-state index in [1.165, 1.54) is 44.9 Å². The molecule has 0 saturated heterocycles. The molecule has 294 valence electrons. The highest BCUT2D eigenvalue weighted by Gasteiger charge is 2.27. The van der Waals surface area contributed by atoms with Crippen molar-refractivity contribution < 1.29 is 47.8 Å². The van der Waals surface area contributed by atoms with Crippen LogP contribution in [-0.4, -0.2) is 65.7 Å². The van der Waals surface area contributed by atoms with Crippen LogP contribution < -0.4 is 0 Å². The lowest BCUT2D eigenvalue weighted by Gasteiger charge is -2.20. The Hall–Kier alpha value is -2.33. The number of carbonyl (C=O) groups excluding carboxylic acids is 2. The van der Waals surface area contributed by atoms with Gasteiger partial charge in [-0.15, -0.1) is 0 Å². The van der Waals surface area contributed by atoms with Crippen LogP contribution in [0.15, 0.2) is 60.8 Å². The molecule has 10 nitrogen and oxygen atoms in total. The Morgan fingerprint density at radius 2 is 1.08 bits per heavy atom. The monoisotopic (exact) mass is 740 g/mol. The fraction of sp³-hybridized carbons (Fsp3) is 0.700. The maximum atomic E-state index is 12.5. The van der Waals surface area contributed by atoms with E-state index in [-0.39, 0.29) is 19.4 Å². The predicted molar refractivity (Wildman–Crippen MR) is 205 cm³/mol. The molecule has 0 amide bonds. The van der Waals surface area contributed by atoms with Gasteiger partial charge in [0.05, 0.1) is 19.8 Å². The molecule has 3 N–H and O–H groups in total. The van der Waals surface area contributed by atoms with Crippen molar-refractivity contribution >= 4 is 19.8 Å². The van der Waals surface area contributed by atoms with Gasteiger partial charge in [0.1, 0.15) is 12.7 Å². The van der Waals surface area contributed by atoms with Gasteiger partial charge in [0.25, 0.3) is 0 Å². The Balaban J connectivity index is 4.46. The molecule has 0 aromatic carbocycles. The summed E-state index contributed by atoms with van der Waals surface area (Å²) in [5.41, 5.74) is 0. The summed E-state index contributed by atoms with van der Waals surface area (Å²) in [4.78, 5) is 34.8. The molecule has 0 rings (SSSR count). The Labute approximate surface area is 308 Å². The van der Waals surface area contributed by atoms with E-state index < -0.39 is 51.8 Å². The number of rotatable bonds is 35. The molecule has 0 aliphatic carbocycles. The topological polar surface area (TPSA) is 149 Å². The van der Waals surface area contributed by atoms with Gasteiger partial charge < -0.3 is 24.6 Å². The first-order valence-electron chi connectivity index (χ1n) is 19.2. The molecule has 1 unspecified atom stereocenters. The van der Waals surface area contributed by atoms with Crippen LogP contribution in [0.3, 0.4) is 0 Å². The number of unbranched alkanes of at least 4 members (excludes halogenated alkanes) is 11. The number of hydrogen-bond acceptors (Lipinski definition) is 9. The van der Waals surface area contributed by atoms with E-state index in [0.29, 0.717) is 19.3 Å². The van der Waals surface area contributed by atoms with E-state index in [2.05, 4.69) is 73.1 Å². The normalized spacial score (nSPS) is 14.7. The van der Waals surface area contributed by atoms with Crippen molar-refractivity contribution in [2.45, 2.75) is 154 Å². The van der Waals surface area contributed by atoms with E-state index >= 15 is 0 Å². The maximum absolute atomic E-state index is 12.5. The van der Waals surface area contributed by atoms with Crippen molar-refractivity contribution in [3.8, 4) is 0 Å². The number of phosphoric acid groups is 1. The molecule has 0 aliphatic heterocycles. The third-order valence-corrected chi connectivity index (χ3v) is 8.64. The summed E-state index contributed by atoms with van der Waals surface area (Å²) in [5, 5.41) is 18.3. The zero-order valence-electron chi connectivity index (χ0n) is 31.5. The molecule has 11 heteroatoms. The second kappa shape index (κ2) is 36.0. The minimum atomic E-state index is -4.62. The summed E-state index contributed by atoms with van der Waals surface area (Å²) in [6, 6.07) is 0. The SMILES string of the molecule is CC/C=C/C/C=C/C/C=C/C/C=C/C/C=C/CCCC(=O)OC[C@@H](COP(=O)(O)OC[C@H](O)CO)OC(=O)CCCCCCCCCCCCC. The highest BCUT2D eigenvalue weighted by molar-refractivity contribution is 7.47. The Kier molecular flexibility index (Phi) is 34.4. The maximum Gasteiger partial charge on any atom is 0.472 e. The molecule has 0 radical (unpaired) electrons. The molecule has 0 fully saturated rings. The van der Waals surface area contributed by atoms with Crippen molar-refractivity contribution in [1.82, 2.24) is 0 Å². The smallest absolute Gasteiger partial charge is 0.462 e. The molecule has 0 spiro atoms. The van der Waals surface area contributed by atoms with Crippen LogP contribution in [-0.2, 0) is 32.7 Å². The molecule has 0 heterocycles. The lowest BCUT2D eigenvalue weighted by molar-refractivity contribution is -0.161. The summed E-state index contributed by atoms with van der Waals surface area (Å²) in [7, 11) is -4.62. The highest BCUT2D eigenvalue weighted by Crippen LogP contribution is 2.43. The highest BCUT2D eigenvalue weighted by atomic mass is 31.2. The Morgan fingerprint density at radius 3 is 1.61 bits per heavy atom. The first-order chi connectivity index (χ1) is 24.7. The van der Waals surface area contributed by atoms with Gasteiger partial charge in [0.15, 0.2) is 6.10 Å². The van der Waals surface area contributed by atoms with E-state index in [0.717, 1.165) is 51.4 Å². The molecule has 0 aromatic rings. The molecule has 0 bridgehead atoms. The van der Waals surface area contributed by atoms with Crippen molar-refractivity contribution in [3.05, 3.63) is 60.8 Å². The molecule has 0 aromatic heterocycles. The van der Waals surface area contributed by atoms with Crippen molar-refractivity contribution in [3.63, 3.8) is 0 Å². The van der Waals surface area contributed by atoms with Gasteiger partial charge >= 0.3 is 19.8 Å². The Bertz CT molecular complexity index is 1040. The van der Waals surface area contributed by atoms with Crippen LogP contribution in [0.2, 0.25) is 0 Å². The van der Waals surface area contributed by atoms with Gasteiger partial charge in [0, 0.05) is 12.8 Å². The van der Waals surface area contributed by atoms with Gasteiger partial charge in [-0.2, -0.15) is 0 Å². The third kappa shape index (κ3) is 35.8. The minimum Gasteiger partial charge on any atom is -0.462 e. The predicted octanol–water partition coefficient (Wildman–Crippen LogP) is 9.55. The van der Waals surface area contributed by atoms with Crippen molar-refractivity contribution in [2.75, 3.05) is 26.4 Å². The molecule has 3 atom stereocenters. The number of carbonyl (C=O) groups is 2. The zero-order chi connectivity index (χ0) is 37.7. The fourth-order valence-electron chi connectivity index (χ4n) is 4.73. The minimum absolute atomic E-state index is 0.162. The number of hydrogen-bond donors (Lipinski definition) is 3.